The molecule has 0 aliphatic carbocycles. The van der Waals surface area contributed by atoms with Gasteiger partial charge in [-0.3, -0.25) is 4.79 Å². The van der Waals surface area contributed by atoms with Crippen LogP contribution in [0.2, 0.25) is 5.02 Å². The molecule has 112 valence electrons. The van der Waals surface area contributed by atoms with Crippen molar-refractivity contribution in [1.29, 1.82) is 0 Å². The Balaban J connectivity index is 2.15. The van der Waals surface area contributed by atoms with Gasteiger partial charge in [0.25, 0.3) is 5.56 Å². The Morgan fingerprint density at radius 1 is 1.45 bits per heavy atom. The molecular formula is C11H13ClF3N3O2. The molecule has 1 aromatic heterocycles. The second-order valence-corrected chi connectivity index (χ2v) is 4.86. The molecule has 1 saturated heterocycles. The quantitative estimate of drug-likeness (QED) is 0.928. The van der Waals surface area contributed by atoms with E-state index in [-0.39, 0.29) is 16.8 Å². The molecule has 0 spiro atoms. The summed E-state index contributed by atoms with van der Waals surface area (Å²) in [7, 11) is 0. The van der Waals surface area contributed by atoms with Gasteiger partial charge in [-0.05, 0) is 12.8 Å². The Morgan fingerprint density at radius 2 is 2.10 bits per heavy atom. The van der Waals surface area contributed by atoms with Gasteiger partial charge in [0.1, 0.15) is 11.6 Å². The summed E-state index contributed by atoms with van der Waals surface area (Å²) in [6.45, 7) is -0.273. The molecule has 0 saturated carbocycles. The van der Waals surface area contributed by atoms with Crippen LogP contribution in [0.3, 0.4) is 0 Å². The van der Waals surface area contributed by atoms with Gasteiger partial charge in [0.05, 0.1) is 11.9 Å². The maximum Gasteiger partial charge on any atom is 0.408 e. The Hall–Kier alpha value is -1.28. The van der Waals surface area contributed by atoms with Crippen molar-refractivity contribution < 1.29 is 17.9 Å². The van der Waals surface area contributed by atoms with E-state index in [1.54, 1.807) is 0 Å². The van der Waals surface area contributed by atoms with Crippen LogP contribution in [0.25, 0.3) is 0 Å². The lowest BCUT2D eigenvalue weighted by molar-refractivity contribution is -0.143. The number of nitrogens with one attached hydrogen (secondary N) is 1. The highest BCUT2D eigenvalue weighted by Gasteiger charge is 2.30. The summed E-state index contributed by atoms with van der Waals surface area (Å²) < 4.78 is 42.3. The van der Waals surface area contributed by atoms with Crippen molar-refractivity contribution in [3.05, 3.63) is 21.6 Å². The maximum atomic E-state index is 12.3. The maximum absolute atomic E-state index is 12.3. The molecule has 1 aromatic rings. The number of nitrogens with zero attached hydrogens (tertiary/aromatic N) is 2. The first-order valence-electron chi connectivity index (χ1n) is 6.03. The zero-order valence-corrected chi connectivity index (χ0v) is 11.2. The van der Waals surface area contributed by atoms with E-state index in [0.29, 0.717) is 17.9 Å². The van der Waals surface area contributed by atoms with Crippen LogP contribution >= 0.6 is 11.6 Å². The fourth-order valence-corrected chi connectivity index (χ4v) is 2.11. The van der Waals surface area contributed by atoms with E-state index in [1.807, 2.05) is 0 Å². The van der Waals surface area contributed by atoms with Crippen LogP contribution in [-0.2, 0) is 11.3 Å². The van der Waals surface area contributed by atoms with Crippen LogP contribution < -0.4 is 10.9 Å². The Bertz CT molecular complexity index is 527. The summed E-state index contributed by atoms with van der Waals surface area (Å²) in [5, 5.41) is 6.23. The lowest BCUT2D eigenvalue weighted by Crippen LogP contribution is -2.33. The van der Waals surface area contributed by atoms with E-state index in [4.69, 9.17) is 16.3 Å². The van der Waals surface area contributed by atoms with E-state index in [1.165, 1.54) is 0 Å². The predicted molar refractivity (Wildman–Crippen MR) is 67.0 cm³/mol. The summed E-state index contributed by atoms with van der Waals surface area (Å²) in [4.78, 5) is 11.7. The number of rotatable bonds is 3. The molecule has 0 aromatic carbocycles. The third kappa shape index (κ3) is 3.86. The zero-order chi connectivity index (χ0) is 14.8. The minimum Gasteiger partial charge on any atom is -0.381 e. The lowest BCUT2D eigenvalue weighted by atomic mass is 10.1. The van der Waals surface area contributed by atoms with Crippen molar-refractivity contribution in [2.45, 2.75) is 31.6 Å². The highest BCUT2D eigenvalue weighted by atomic mass is 35.5. The molecule has 0 radical (unpaired) electrons. The Labute approximate surface area is 117 Å². The van der Waals surface area contributed by atoms with E-state index < -0.39 is 18.3 Å². The number of hydrogen-bond donors (Lipinski definition) is 1. The predicted octanol–water partition coefficient (Wildman–Crippen LogP) is 2.05. The van der Waals surface area contributed by atoms with Gasteiger partial charge in [-0.25, -0.2) is 4.68 Å². The Kier molecular flexibility index (Phi) is 4.54. The monoisotopic (exact) mass is 311 g/mol. The molecule has 0 bridgehead atoms. The number of alkyl halides is 3. The molecule has 0 unspecified atom stereocenters. The van der Waals surface area contributed by atoms with Crippen LogP contribution in [0.1, 0.15) is 12.8 Å². The molecule has 1 fully saturated rings. The van der Waals surface area contributed by atoms with Crippen LogP contribution in [0.4, 0.5) is 18.9 Å². The summed E-state index contributed by atoms with van der Waals surface area (Å²) in [6, 6.07) is 0.0703. The van der Waals surface area contributed by atoms with Gasteiger partial charge in [0.2, 0.25) is 0 Å². The van der Waals surface area contributed by atoms with Crippen LogP contribution in [0, 0.1) is 0 Å². The summed E-state index contributed by atoms with van der Waals surface area (Å²) in [6.07, 6.45) is -1.90. The van der Waals surface area contributed by atoms with Crippen molar-refractivity contribution in [3.63, 3.8) is 0 Å². The number of hydrogen-bond acceptors (Lipinski definition) is 4. The molecule has 1 N–H and O–H groups in total. The number of aromatic nitrogens is 2. The SMILES string of the molecule is O=c1c(Cl)c(NC2CCOCC2)cnn1CC(F)(F)F. The standard InChI is InChI=1S/C11H13ClF3N3O2/c12-9-8(17-7-1-3-20-4-2-7)5-16-18(10(9)19)6-11(13,14)15/h5,7,17H,1-4,6H2. The number of halogens is 4. The second-order valence-electron chi connectivity index (χ2n) is 4.48. The minimum atomic E-state index is -4.52. The number of ether oxygens (including phenoxy) is 1. The van der Waals surface area contributed by atoms with Crippen molar-refractivity contribution in [1.82, 2.24) is 9.78 Å². The molecule has 1 aliphatic rings. The topological polar surface area (TPSA) is 56.1 Å². The second kappa shape index (κ2) is 6.01. The fourth-order valence-electron chi connectivity index (χ4n) is 1.91. The summed E-state index contributed by atoms with van der Waals surface area (Å²) in [5.41, 5.74) is -0.706. The average Bonchev–Trinajstić information content (AvgIpc) is 2.38. The van der Waals surface area contributed by atoms with E-state index >= 15 is 0 Å². The first kappa shape index (κ1) is 15.1. The van der Waals surface area contributed by atoms with Crippen LogP contribution in [-0.4, -0.2) is 35.2 Å². The highest BCUT2D eigenvalue weighted by molar-refractivity contribution is 6.32. The first-order valence-corrected chi connectivity index (χ1v) is 6.41. The molecular weight excluding hydrogens is 299 g/mol. The number of anilines is 1. The lowest BCUT2D eigenvalue weighted by Gasteiger charge is -2.24. The molecule has 2 rings (SSSR count). The summed E-state index contributed by atoms with van der Waals surface area (Å²) >= 11 is 5.81. The van der Waals surface area contributed by atoms with Crippen molar-refractivity contribution in [2.24, 2.45) is 0 Å². The molecule has 0 amide bonds. The molecule has 0 atom stereocenters. The van der Waals surface area contributed by atoms with Gasteiger partial charge in [-0.1, -0.05) is 11.6 Å². The molecule has 5 nitrogen and oxygen atoms in total. The molecule has 9 heteroatoms. The Morgan fingerprint density at radius 3 is 2.70 bits per heavy atom. The van der Waals surface area contributed by atoms with Gasteiger partial charge in [-0.15, -0.1) is 0 Å². The van der Waals surface area contributed by atoms with Gasteiger partial charge in [-0.2, -0.15) is 18.3 Å². The summed E-state index contributed by atoms with van der Waals surface area (Å²) in [5.74, 6) is 0. The van der Waals surface area contributed by atoms with Crippen molar-refractivity contribution in [3.8, 4) is 0 Å². The van der Waals surface area contributed by atoms with Gasteiger partial charge in [0.15, 0.2) is 0 Å². The highest BCUT2D eigenvalue weighted by Crippen LogP contribution is 2.21. The smallest absolute Gasteiger partial charge is 0.381 e. The van der Waals surface area contributed by atoms with E-state index in [2.05, 4.69) is 10.4 Å². The van der Waals surface area contributed by atoms with Crippen LogP contribution in [0.15, 0.2) is 11.0 Å². The molecule has 1 aliphatic heterocycles. The van der Waals surface area contributed by atoms with Crippen molar-refractivity contribution >= 4 is 17.3 Å². The molecule has 2 heterocycles. The largest absolute Gasteiger partial charge is 0.408 e. The molecule has 20 heavy (non-hydrogen) atoms. The van der Waals surface area contributed by atoms with Crippen LogP contribution in [0.5, 0.6) is 0 Å². The first-order chi connectivity index (χ1) is 9.37. The third-order valence-corrected chi connectivity index (χ3v) is 3.26. The van der Waals surface area contributed by atoms with Gasteiger partial charge >= 0.3 is 6.18 Å². The van der Waals surface area contributed by atoms with Crippen molar-refractivity contribution in [2.75, 3.05) is 18.5 Å². The van der Waals surface area contributed by atoms with E-state index in [9.17, 15) is 18.0 Å². The fraction of sp³-hybridized carbons (Fsp3) is 0.636. The zero-order valence-electron chi connectivity index (χ0n) is 10.4. The van der Waals surface area contributed by atoms with Gasteiger partial charge < -0.3 is 10.1 Å². The third-order valence-electron chi connectivity index (χ3n) is 2.89. The average molecular weight is 312 g/mol. The van der Waals surface area contributed by atoms with Gasteiger partial charge in [0, 0.05) is 19.3 Å². The minimum absolute atomic E-state index is 0.0703. The van der Waals surface area contributed by atoms with E-state index in [0.717, 1.165) is 19.0 Å². The normalized spacial score (nSPS) is 17.2.